The Morgan fingerprint density at radius 2 is 1.42 bits per heavy atom. The first-order chi connectivity index (χ1) is 14.5. The molecule has 15 heteroatoms. The first-order valence-electron chi connectivity index (χ1n) is 8.77. The van der Waals surface area contributed by atoms with Crippen LogP contribution in [0.1, 0.15) is 18.5 Å². The van der Waals surface area contributed by atoms with Crippen molar-refractivity contribution in [1.82, 2.24) is 25.9 Å². The van der Waals surface area contributed by atoms with Gasteiger partial charge < -0.3 is 42.0 Å². The van der Waals surface area contributed by atoms with Crippen molar-refractivity contribution >= 4 is 35.6 Å². The van der Waals surface area contributed by atoms with Gasteiger partial charge in [-0.3, -0.25) is 24.0 Å². The summed E-state index contributed by atoms with van der Waals surface area (Å²) in [7, 11) is 0. The normalized spacial score (nSPS) is 13.3. The third-order valence-corrected chi connectivity index (χ3v) is 3.82. The summed E-state index contributed by atoms with van der Waals surface area (Å²) < 4.78 is 0. The molecule has 1 heterocycles. The third kappa shape index (κ3) is 8.90. The largest absolute Gasteiger partial charge is 0.481 e. The minimum Gasteiger partial charge on any atom is -0.481 e. The van der Waals surface area contributed by atoms with E-state index in [1.54, 1.807) is 0 Å². The Kier molecular flexibility index (Phi) is 9.58. The van der Waals surface area contributed by atoms with E-state index in [4.69, 9.17) is 15.9 Å². The Morgan fingerprint density at radius 1 is 0.903 bits per heavy atom. The Bertz CT molecular complexity index is 826. The molecule has 0 saturated heterocycles. The highest BCUT2D eigenvalue weighted by Gasteiger charge is 2.32. The van der Waals surface area contributed by atoms with E-state index in [9.17, 15) is 33.9 Å². The second kappa shape index (κ2) is 11.9. The number of hydrogen-bond acceptors (Lipinski definition) is 8. The zero-order chi connectivity index (χ0) is 23.6. The summed E-state index contributed by atoms with van der Waals surface area (Å²) in [5, 5.41) is 33.4. The molecule has 1 aromatic rings. The summed E-state index contributed by atoms with van der Waals surface area (Å²) in [6, 6.07) is -4.87. The van der Waals surface area contributed by atoms with E-state index < -0.39 is 73.1 Å². The summed E-state index contributed by atoms with van der Waals surface area (Å²) in [6.07, 6.45) is 0.620. The van der Waals surface area contributed by atoms with Gasteiger partial charge in [-0.2, -0.15) is 0 Å². The molecule has 0 bridgehead atoms. The van der Waals surface area contributed by atoms with Crippen LogP contribution in [-0.2, 0) is 35.2 Å². The molecule has 170 valence electrons. The maximum Gasteiger partial charge on any atom is 0.326 e. The monoisotopic (exact) mass is 442 g/mol. The maximum atomic E-state index is 12.5. The fraction of sp³-hybridized carbons (Fsp3) is 0.438. The highest BCUT2D eigenvalue weighted by molar-refractivity contribution is 5.96. The van der Waals surface area contributed by atoms with Gasteiger partial charge in [0.25, 0.3) is 0 Å². The van der Waals surface area contributed by atoms with Crippen molar-refractivity contribution < 1.29 is 44.1 Å². The Hall–Kier alpha value is -4.01. The molecular formula is C16H22N6O9. The van der Waals surface area contributed by atoms with E-state index >= 15 is 0 Å². The van der Waals surface area contributed by atoms with Crippen LogP contribution in [-0.4, -0.2) is 85.6 Å². The van der Waals surface area contributed by atoms with Crippen LogP contribution in [0.2, 0.25) is 0 Å². The second-order valence-corrected chi connectivity index (χ2v) is 6.26. The number of nitrogens with one attached hydrogen (secondary N) is 4. The van der Waals surface area contributed by atoms with Gasteiger partial charge >= 0.3 is 17.9 Å². The molecule has 3 amide bonds. The number of carboxylic acids is 3. The highest BCUT2D eigenvalue weighted by Crippen LogP contribution is 2.03. The van der Waals surface area contributed by atoms with Crippen LogP contribution in [0.3, 0.4) is 0 Å². The molecule has 3 unspecified atom stereocenters. The first-order valence-corrected chi connectivity index (χ1v) is 8.77. The van der Waals surface area contributed by atoms with Crippen molar-refractivity contribution in [2.75, 3.05) is 6.54 Å². The quantitative estimate of drug-likeness (QED) is 0.148. The molecule has 0 aliphatic heterocycles. The number of hydrogen-bond donors (Lipinski definition) is 8. The zero-order valence-corrected chi connectivity index (χ0v) is 16.0. The van der Waals surface area contributed by atoms with Crippen LogP contribution in [0.15, 0.2) is 12.5 Å². The fourth-order valence-corrected chi connectivity index (χ4v) is 2.38. The van der Waals surface area contributed by atoms with Gasteiger partial charge in [-0.15, -0.1) is 0 Å². The predicted molar refractivity (Wildman–Crippen MR) is 99.3 cm³/mol. The van der Waals surface area contributed by atoms with Gasteiger partial charge in [0.15, 0.2) is 0 Å². The van der Waals surface area contributed by atoms with Gasteiger partial charge in [-0.25, -0.2) is 9.78 Å². The number of imidazole rings is 1. The number of aliphatic carboxylic acids is 3. The number of carbonyl (C=O) groups excluding carboxylic acids is 3. The summed E-state index contributed by atoms with van der Waals surface area (Å²) in [5.41, 5.74) is 5.48. The van der Waals surface area contributed by atoms with Crippen molar-refractivity contribution in [3.05, 3.63) is 18.2 Å². The molecule has 15 nitrogen and oxygen atoms in total. The van der Waals surface area contributed by atoms with Crippen LogP contribution in [0.4, 0.5) is 0 Å². The smallest absolute Gasteiger partial charge is 0.326 e. The average molecular weight is 442 g/mol. The van der Waals surface area contributed by atoms with Gasteiger partial charge in [0.1, 0.15) is 18.1 Å². The molecule has 0 radical (unpaired) electrons. The lowest BCUT2D eigenvalue weighted by Gasteiger charge is -2.23. The number of carboxylic acid groups (broad SMARTS) is 3. The molecule has 3 atom stereocenters. The van der Waals surface area contributed by atoms with Gasteiger partial charge in [0, 0.05) is 18.3 Å². The van der Waals surface area contributed by atoms with Gasteiger partial charge in [0.2, 0.25) is 17.7 Å². The predicted octanol–water partition coefficient (Wildman–Crippen LogP) is -3.60. The number of nitrogens with zero attached hydrogens (tertiary/aromatic N) is 1. The van der Waals surface area contributed by atoms with Crippen LogP contribution in [0.5, 0.6) is 0 Å². The maximum absolute atomic E-state index is 12.5. The van der Waals surface area contributed by atoms with E-state index in [2.05, 4.69) is 15.3 Å². The minimum atomic E-state index is -1.75. The lowest BCUT2D eigenvalue weighted by Crippen LogP contribution is -2.57. The number of nitrogens with two attached hydrogens (primary N) is 1. The molecule has 1 aromatic heterocycles. The van der Waals surface area contributed by atoms with Crippen molar-refractivity contribution in [2.24, 2.45) is 5.73 Å². The van der Waals surface area contributed by atoms with Gasteiger partial charge in [0.05, 0.1) is 25.7 Å². The number of aromatic nitrogens is 2. The number of carbonyl (C=O) groups is 6. The van der Waals surface area contributed by atoms with E-state index in [1.807, 2.05) is 10.6 Å². The molecule has 0 aliphatic carbocycles. The van der Waals surface area contributed by atoms with Crippen molar-refractivity contribution in [1.29, 1.82) is 0 Å². The van der Waals surface area contributed by atoms with E-state index in [-0.39, 0.29) is 6.42 Å². The standard InChI is InChI=1S/C16H22N6O9/c17-4-11(23)20-8(2-12(24)25)14(28)21-9(3-13(26)27)15(29)22-10(16(30)31)1-7-5-18-6-19-7/h5-6,8-10H,1-4,17H2,(H,18,19)(H,20,23)(H,21,28)(H,22,29)(H,24,25)(H,26,27)(H,30,31). The summed E-state index contributed by atoms with van der Waals surface area (Å²) in [5.74, 6) is -7.54. The van der Waals surface area contributed by atoms with Crippen molar-refractivity contribution in [2.45, 2.75) is 37.4 Å². The lowest BCUT2D eigenvalue weighted by molar-refractivity contribution is -0.144. The first kappa shape index (κ1) is 25.0. The summed E-state index contributed by atoms with van der Waals surface area (Å²) in [6.45, 7) is -0.545. The van der Waals surface area contributed by atoms with Crippen LogP contribution in [0, 0.1) is 0 Å². The van der Waals surface area contributed by atoms with E-state index in [0.29, 0.717) is 5.69 Å². The number of aromatic amines is 1. The van der Waals surface area contributed by atoms with E-state index in [0.717, 1.165) is 0 Å². The molecule has 1 rings (SSSR count). The summed E-state index contributed by atoms with van der Waals surface area (Å²) in [4.78, 5) is 76.1. The third-order valence-electron chi connectivity index (χ3n) is 3.82. The molecule has 0 fully saturated rings. The minimum absolute atomic E-state index is 0.205. The van der Waals surface area contributed by atoms with Crippen LogP contribution >= 0.6 is 0 Å². The molecule has 31 heavy (non-hydrogen) atoms. The topological polar surface area (TPSA) is 254 Å². The Morgan fingerprint density at radius 3 is 1.84 bits per heavy atom. The van der Waals surface area contributed by atoms with Gasteiger partial charge in [-0.05, 0) is 0 Å². The molecule has 0 aliphatic rings. The van der Waals surface area contributed by atoms with Crippen LogP contribution in [0.25, 0.3) is 0 Å². The summed E-state index contributed by atoms with van der Waals surface area (Å²) >= 11 is 0. The number of H-pyrrole nitrogens is 1. The molecule has 9 N–H and O–H groups in total. The van der Waals surface area contributed by atoms with Crippen LogP contribution < -0.4 is 21.7 Å². The molecular weight excluding hydrogens is 420 g/mol. The molecule has 0 saturated carbocycles. The lowest BCUT2D eigenvalue weighted by atomic mass is 10.1. The molecule has 0 aromatic carbocycles. The fourth-order valence-electron chi connectivity index (χ4n) is 2.38. The SMILES string of the molecule is NCC(=O)NC(CC(=O)O)C(=O)NC(CC(=O)O)C(=O)NC(Cc1cnc[nH]1)C(=O)O. The Labute approximate surface area is 174 Å². The molecule has 0 spiro atoms. The highest BCUT2D eigenvalue weighted by atomic mass is 16.4. The second-order valence-electron chi connectivity index (χ2n) is 6.26. The number of amides is 3. The van der Waals surface area contributed by atoms with Gasteiger partial charge in [-0.1, -0.05) is 0 Å². The van der Waals surface area contributed by atoms with Crippen molar-refractivity contribution in [3.63, 3.8) is 0 Å². The Balaban J connectivity index is 2.95. The number of rotatable bonds is 13. The average Bonchev–Trinajstić information content (AvgIpc) is 3.18. The van der Waals surface area contributed by atoms with E-state index in [1.165, 1.54) is 12.5 Å². The van der Waals surface area contributed by atoms with Crippen molar-refractivity contribution in [3.8, 4) is 0 Å². The zero-order valence-electron chi connectivity index (χ0n) is 16.0.